The van der Waals surface area contributed by atoms with E-state index in [-0.39, 0.29) is 5.75 Å². The molecule has 0 aliphatic heterocycles. The summed E-state index contributed by atoms with van der Waals surface area (Å²) in [4.78, 5) is 28.0. The molecule has 0 aliphatic carbocycles. The van der Waals surface area contributed by atoms with Gasteiger partial charge in [0.05, 0.1) is 18.4 Å². The van der Waals surface area contributed by atoms with E-state index < -0.39 is 18.5 Å². The number of nitrogens with zero attached hydrogens (tertiary/aromatic N) is 1. The molecule has 2 aromatic carbocycles. The Morgan fingerprint density at radius 2 is 1.75 bits per heavy atom. The van der Waals surface area contributed by atoms with E-state index in [0.29, 0.717) is 27.5 Å². The Bertz CT molecular complexity index is 990. The quantitative estimate of drug-likeness (QED) is 0.614. The van der Waals surface area contributed by atoms with Crippen molar-refractivity contribution in [1.29, 1.82) is 0 Å². The lowest BCUT2D eigenvalue weighted by Gasteiger charge is -2.08. The predicted octanol–water partition coefficient (Wildman–Crippen LogP) is 4.45. The molecular weight excluding hydrogens is 390 g/mol. The average Bonchev–Trinajstić information content (AvgIpc) is 3.15. The lowest BCUT2D eigenvalue weighted by Crippen LogP contribution is -2.12. The van der Waals surface area contributed by atoms with Crippen molar-refractivity contribution in [3.8, 4) is 17.0 Å². The maximum atomic E-state index is 12.6. The fourth-order valence-electron chi connectivity index (χ4n) is 2.38. The minimum atomic E-state index is -2.95. The summed E-state index contributed by atoms with van der Waals surface area (Å²) in [5.41, 5.74) is 1.44. The summed E-state index contributed by atoms with van der Waals surface area (Å²) < 4.78 is 34.2. The van der Waals surface area contributed by atoms with Gasteiger partial charge in [-0.1, -0.05) is 12.1 Å². The third-order valence-corrected chi connectivity index (χ3v) is 4.43. The van der Waals surface area contributed by atoms with Crippen molar-refractivity contribution in [2.75, 3.05) is 12.4 Å². The van der Waals surface area contributed by atoms with Gasteiger partial charge in [0, 0.05) is 16.5 Å². The Morgan fingerprint density at radius 1 is 1.07 bits per heavy atom. The number of nitrogens with one attached hydrogen (secondary N) is 1. The number of alkyl halides is 2. The molecule has 0 saturated carbocycles. The van der Waals surface area contributed by atoms with Gasteiger partial charge in [0.15, 0.2) is 5.13 Å². The molecule has 0 aliphatic rings. The Kier molecular flexibility index (Phi) is 5.95. The standard InChI is InChI=1S/C19H14F2N2O4S/c1-26-17(25)12-8-6-11(7-9-12)16(24)23-19-22-14(10-28-19)13-4-2-3-5-15(13)27-18(20)21/h2-10,18H,1H3,(H,22,23,24). The first kappa shape index (κ1) is 19.4. The SMILES string of the molecule is COC(=O)c1ccc(C(=O)Nc2nc(-c3ccccc3OC(F)F)cs2)cc1. The van der Waals surface area contributed by atoms with Gasteiger partial charge < -0.3 is 9.47 Å². The number of hydrogen-bond donors (Lipinski definition) is 1. The summed E-state index contributed by atoms with van der Waals surface area (Å²) in [5, 5.41) is 4.56. The minimum Gasteiger partial charge on any atom is -0.465 e. The second-order valence-electron chi connectivity index (χ2n) is 5.44. The average molecular weight is 404 g/mol. The molecule has 1 N–H and O–H groups in total. The molecule has 28 heavy (non-hydrogen) atoms. The molecule has 0 bridgehead atoms. The van der Waals surface area contributed by atoms with Crippen LogP contribution in [0.4, 0.5) is 13.9 Å². The Morgan fingerprint density at radius 3 is 2.43 bits per heavy atom. The number of halogens is 2. The second kappa shape index (κ2) is 8.57. The maximum Gasteiger partial charge on any atom is 0.387 e. The molecule has 0 unspecified atom stereocenters. The van der Waals surface area contributed by atoms with Crippen molar-refractivity contribution in [3.05, 3.63) is 65.0 Å². The fraction of sp³-hybridized carbons (Fsp3) is 0.105. The van der Waals surface area contributed by atoms with Crippen molar-refractivity contribution < 1.29 is 27.8 Å². The highest BCUT2D eigenvalue weighted by Crippen LogP contribution is 2.33. The highest BCUT2D eigenvalue weighted by atomic mass is 32.1. The summed E-state index contributed by atoms with van der Waals surface area (Å²) in [7, 11) is 1.27. The largest absolute Gasteiger partial charge is 0.465 e. The van der Waals surface area contributed by atoms with Crippen LogP contribution in [0.15, 0.2) is 53.9 Å². The molecule has 1 heterocycles. The smallest absolute Gasteiger partial charge is 0.387 e. The van der Waals surface area contributed by atoms with Crippen LogP contribution in [0.1, 0.15) is 20.7 Å². The van der Waals surface area contributed by atoms with Gasteiger partial charge in [0.2, 0.25) is 0 Å². The molecule has 0 atom stereocenters. The molecule has 0 spiro atoms. The van der Waals surface area contributed by atoms with Gasteiger partial charge in [-0.15, -0.1) is 11.3 Å². The van der Waals surface area contributed by atoms with Gasteiger partial charge in [0.1, 0.15) is 5.75 Å². The summed E-state index contributed by atoms with van der Waals surface area (Å²) in [6.45, 7) is -2.95. The monoisotopic (exact) mass is 404 g/mol. The number of rotatable bonds is 6. The van der Waals surface area contributed by atoms with Crippen LogP contribution >= 0.6 is 11.3 Å². The van der Waals surface area contributed by atoms with Gasteiger partial charge in [-0.05, 0) is 36.4 Å². The number of anilines is 1. The van der Waals surface area contributed by atoms with E-state index in [9.17, 15) is 18.4 Å². The fourth-order valence-corrected chi connectivity index (χ4v) is 3.08. The van der Waals surface area contributed by atoms with Crippen molar-refractivity contribution >= 4 is 28.3 Å². The molecule has 3 rings (SSSR count). The van der Waals surface area contributed by atoms with E-state index in [0.717, 1.165) is 11.3 Å². The topological polar surface area (TPSA) is 77.5 Å². The maximum absolute atomic E-state index is 12.6. The van der Waals surface area contributed by atoms with Crippen LogP contribution in [-0.4, -0.2) is 30.6 Å². The lowest BCUT2D eigenvalue weighted by molar-refractivity contribution is -0.0494. The summed E-state index contributed by atoms with van der Waals surface area (Å²) in [6.07, 6.45) is 0. The number of esters is 1. The van der Waals surface area contributed by atoms with Crippen LogP contribution in [0.5, 0.6) is 5.75 Å². The highest BCUT2D eigenvalue weighted by molar-refractivity contribution is 7.14. The van der Waals surface area contributed by atoms with E-state index in [1.165, 1.54) is 37.4 Å². The molecule has 1 aromatic heterocycles. The first-order chi connectivity index (χ1) is 13.5. The van der Waals surface area contributed by atoms with E-state index in [4.69, 9.17) is 0 Å². The van der Waals surface area contributed by atoms with Gasteiger partial charge >= 0.3 is 12.6 Å². The van der Waals surface area contributed by atoms with Crippen LogP contribution in [0.2, 0.25) is 0 Å². The van der Waals surface area contributed by atoms with E-state index in [1.807, 2.05) is 0 Å². The summed E-state index contributed by atoms with van der Waals surface area (Å²) >= 11 is 1.15. The van der Waals surface area contributed by atoms with Gasteiger partial charge in [-0.25, -0.2) is 9.78 Å². The normalized spacial score (nSPS) is 10.6. The van der Waals surface area contributed by atoms with Crippen molar-refractivity contribution in [1.82, 2.24) is 4.98 Å². The number of para-hydroxylation sites is 1. The molecule has 0 saturated heterocycles. The van der Waals surface area contributed by atoms with E-state index in [1.54, 1.807) is 23.6 Å². The minimum absolute atomic E-state index is 0.000856. The van der Waals surface area contributed by atoms with Crippen LogP contribution in [0.3, 0.4) is 0 Å². The third kappa shape index (κ3) is 4.49. The van der Waals surface area contributed by atoms with Gasteiger partial charge in [0.25, 0.3) is 5.91 Å². The van der Waals surface area contributed by atoms with Crippen LogP contribution in [-0.2, 0) is 4.74 Å². The molecule has 1 amide bonds. The van der Waals surface area contributed by atoms with Crippen LogP contribution in [0, 0.1) is 0 Å². The van der Waals surface area contributed by atoms with Gasteiger partial charge in [-0.3, -0.25) is 10.1 Å². The predicted molar refractivity (Wildman–Crippen MR) is 99.9 cm³/mol. The summed E-state index contributed by atoms with van der Waals surface area (Å²) in [5.74, 6) is -0.922. The molecule has 144 valence electrons. The number of aromatic nitrogens is 1. The third-order valence-electron chi connectivity index (χ3n) is 3.67. The molecule has 0 fully saturated rings. The number of amides is 1. The number of thiazole rings is 1. The second-order valence-corrected chi connectivity index (χ2v) is 6.29. The van der Waals surface area contributed by atoms with Crippen LogP contribution < -0.4 is 10.1 Å². The number of methoxy groups -OCH3 is 1. The number of carbonyl (C=O) groups excluding carboxylic acids is 2. The van der Waals surface area contributed by atoms with Crippen molar-refractivity contribution in [3.63, 3.8) is 0 Å². The zero-order valence-electron chi connectivity index (χ0n) is 14.5. The molecular formula is C19H14F2N2O4S. The first-order valence-corrected chi connectivity index (χ1v) is 8.85. The zero-order valence-corrected chi connectivity index (χ0v) is 15.3. The first-order valence-electron chi connectivity index (χ1n) is 7.97. The Balaban J connectivity index is 1.75. The highest BCUT2D eigenvalue weighted by Gasteiger charge is 2.15. The number of benzene rings is 2. The number of hydrogen-bond acceptors (Lipinski definition) is 6. The zero-order chi connectivity index (χ0) is 20.1. The molecule has 6 nitrogen and oxygen atoms in total. The van der Waals surface area contributed by atoms with Crippen molar-refractivity contribution in [2.45, 2.75) is 6.61 Å². The summed E-state index contributed by atoms with van der Waals surface area (Å²) in [6, 6.07) is 12.2. The number of carbonyl (C=O) groups is 2. The molecule has 0 radical (unpaired) electrons. The Hall–Kier alpha value is -3.33. The van der Waals surface area contributed by atoms with E-state index in [2.05, 4.69) is 19.8 Å². The Labute approximate surface area is 162 Å². The molecule has 9 heteroatoms. The lowest BCUT2D eigenvalue weighted by atomic mass is 10.1. The number of ether oxygens (including phenoxy) is 2. The van der Waals surface area contributed by atoms with Gasteiger partial charge in [-0.2, -0.15) is 8.78 Å². The van der Waals surface area contributed by atoms with Crippen LogP contribution in [0.25, 0.3) is 11.3 Å². The van der Waals surface area contributed by atoms with E-state index >= 15 is 0 Å². The van der Waals surface area contributed by atoms with Crippen molar-refractivity contribution in [2.24, 2.45) is 0 Å². The molecule has 3 aromatic rings.